The lowest BCUT2D eigenvalue weighted by Gasteiger charge is -2.05. The molecule has 1 N–H and O–H groups in total. The Morgan fingerprint density at radius 1 is 1.33 bits per heavy atom. The first kappa shape index (κ1) is 12.8. The van der Waals surface area contributed by atoms with Gasteiger partial charge in [-0.15, -0.1) is 11.3 Å². The maximum atomic E-state index is 12.4. The third-order valence-electron chi connectivity index (χ3n) is 3.00. The third-order valence-corrected chi connectivity index (χ3v) is 4.12. The van der Waals surface area contributed by atoms with Gasteiger partial charge >= 0.3 is 5.97 Å². The Kier molecular flexibility index (Phi) is 3.26. The van der Waals surface area contributed by atoms with Crippen LogP contribution in [0.2, 0.25) is 0 Å². The van der Waals surface area contributed by atoms with Crippen molar-refractivity contribution in [2.24, 2.45) is 0 Å². The quantitative estimate of drug-likeness (QED) is 0.849. The van der Waals surface area contributed by atoms with Crippen LogP contribution in [0.25, 0.3) is 10.2 Å². The number of ether oxygens (including phenoxy) is 1. The summed E-state index contributed by atoms with van der Waals surface area (Å²) >= 11 is 1.53. The van der Waals surface area contributed by atoms with Crippen molar-refractivity contribution in [1.82, 2.24) is 4.98 Å². The van der Waals surface area contributed by atoms with E-state index in [1.54, 1.807) is 13.8 Å². The second kappa shape index (κ2) is 4.57. The molecule has 0 spiro atoms. The lowest BCUT2D eigenvalue weighted by molar-refractivity contribution is 0.0524. The van der Waals surface area contributed by atoms with E-state index in [1.165, 1.54) is 11.3 Å². The van der Waals surface area contributed by atoms with E-state index in [4.69, 9.17) is 4.74 Å². The number of thiophene rings is 1. The van der Waals surface area contributed by atoms with Crippen LogP contribution >= 0.6 is 11.3 Å². The van der Waals surface area contributed by atoms with Gasteiger partial charge in [0.05, 0.1) is 12.0 Å². The number of hydrogen-bond donors (Lipinski definition) is 1. The molecule has 18 heavy (non-hydrogen) atoms. The first-order valence-electron chi connectivity index (χ1n) is 5.77. The molecule has 0 radical (unpaired) electrons. The Balaban J connectivity index is 2.79. The van der Waals surface area contributed by atoms with Crippen LogP contribution in [-0.4, -0.2) is 17.6 Å². The highest BCUT2D eigenvalue weighted by Gasteiger charge is 2.20. The summed E-state index contributed by atoms with van der Waals surface area (Å²) in [6, 6.07) is 0. The highest BCUT2D eigenvalue weighted by atomic mass is 32.1. The first-order valence-corrected chi connectivity index (χ1v) is 6.58. The number of nitrogens with one attached hydrogen (secondary N) is 1. The van der Waals surface area contributed by atoms with Gasteiger partial charge in [0.2, 0.25) is 5.43 Å². The molecular weight excluding hydrogens is 250 g/mol. The Morgan fingerprint density at radius 3 is 2.61 bits per heavy atom. The summed E-state index contributed by atoms with van der Waals surface area (Å²) < 4.78 is 4.93. The minimum absolute atomic E-state index is 0.116. The van der Waals surface area contributed by atoms with Crippen LogP contribution in [0.5, 0.6) is 0 Å². The molecular formula is C13H15NO3S. The van der Waals surface area contributed by atoms with Gasteiger partial charge in [-0.25, -0.2) is 4.79 Å². The van der Waals surface area contributed by atoms with Gasteiger partial charge in [0.15, 0.2) is 0 Å². The average Bonchev–Trinajstić information content (AvgIpc) is 2.54. The number of aromatic nitrogens is 1. The fraction of sp³-hybridized carbons (Fsp3) is 0.385. The summed E-state index contributed by atoms with van der Waals surface area (Å²) in [5, 5.41) is 0.603. The van der Waals surface area contributed by atoms with Gasteiger partial charge in [-0.2, -0.15) is 0 Å². The van der Waals surface area contributed by atoms with Gasteiger partial charge in [-0.1, -0.05) is 0 Å². The summed E-state index contributed by atoms with van der Waals surface area (Å²) in [4.78, 5) is 29.2. The molecule has 5 heteroatoms. The van der Waals surface area contributed by atoms with Crippen molar-refractivity contribution >= 4 is 27.5 Å². The molecule has 2 aromatic heterocycles. The van der Waals surface area contributed by atoms with Crippen LogP contribution in [0.3, 0.4) is 0 Å². The standard InChI is InChI=1S/C13H15NO3S/c1-5-17-13(16)10-7(3)14-12-9(11(10)15)6(2)8(4)18-12/h5H2,1-4H3,(H,14,15). The third kappa shape index (κ3) is 1.84. The van der Waals surface area contributed by atoms with E-state index in [9.17, 15) is 9.59 Å². The van der Waals surface area contributed by atoms with Crippen molar-refractivity contribution in [2.75, 3.05) is 6.61 Å². The lowest BCUT2D eigenvalue weighted by Crippen LogP contribution is -2.20. The van der Waals surface area contributed by atoms with E-state index in [1.807, 2.05) is 13.8 Å². The molecule has 0 amide bonds. The van der Waals surface area contributed by atoms with Crippen molar-refractivity contribution in [3.63, 3.8) is 0 Å². The van der Waals surface area contributed by atoms with Gasteiger partial charge in [0.1, 0.15) is 10.4 Å². The van der Waals surface area contributed by atoms with E-state index >= 15 is 0 Å². The molecule has 0 aliphatic heterocycles. The number of carbonyl (C=O) groups is 1. The number of fused-ring (bicyclic) bond motifs is 1. The highest BCUT2D eigenvalue weighted by molar-refractivity contribution is 7.18. The summed E-state index contributed by atoms with van der Waals surface area (Å²) in [6.45, 7) is 7.56. The predicted octanol–water partition coefficient (Wildman–Crippen LogP) is 2.69. The van der Waals surface area contributed by atoms with Crippen LogP contribution in [-0.2, 0) is 4.74 Å². The Bertz CT molecular complexity index is 682. The number of pyridine rings is 1. The fourth-order valence-corrected chi connectivity index (χ4v) is 3.08. The largest absolute Gasteiger partial charge is 0.462 e. The fourth-order valence-electron chi connectivity index (χ4n) is 1.97. The number of rotatable bonds is 2. The van der Waals surface area contributed by atoms with Gasteiger partial charge < -0.3 is 9.72 Å². The van der Waals surface area contributed by atoms with Gasteiger partial charge in [-0.3, -0.25) is 4.79 Å². The van der Waals surface area contributed by atoms with Crippen LogP contribution in [0.15, 0.2) is 4.79 Å². The van der Waals surface area contributed by atoms with Gasteiger partial charge in [-0.05, 0) is 33.3 Å². The van der Waals surface area contributed by atoms with Crippen molar-refractivity contribution in [1.29, 1.82) is 0 Å². The topological polar surface area (TPSA) is 59.2 Å². The maximum Gasteiger partial charge on any atom is 0.343 e. The molecule has 0 bridgehead atoms. The normalized spacial score (nSPS) is 10.9. The minimum Gasteiger partial charge on any atom is -0.462 e. The number of aromatic amines is 1. The van der Waals surface area contributed by atoms with Crippen LogP contribution in [0, 0.1) is 20.8 Å². The molecule has 2 rings (SSSR count). The molecule has 2 heterocycles. The van der Waals surface area contributed by atoms with Crippen molar-refractivity contribution in [3.8, 4) is 0 Å². The van der Waals surface area contributed by atoms with Crippen LogP contribution < -0.4 is 5.43 Å². The molecule has 0 aliphatic rings. The zero-order valence-electron chi connectivity index (χ0n) is 10.8. The number of hydrogen-bond acceptors (Lipinski definition) is 4. The first-order chi connectivity index (χ1) is 8.47. The van der Waals surface area contributed by atoms with E-state index in [0.29, 0.717) is 11.1 Å². The SMILES string of the molecule is CCOC(=O)c1c(C)[nH]c2sc(C)c(C)c2c1=O. The van der Waals surface area contributed by atoms with Crippen molar-refractivity contribution in [3.05, 3.63) is 31.9 Å². The second-order valence-electron chi connectivity index (χ2n) is 4.16. The van der Waals surface area contributed by atoms with Gasteiger partial charge in [0, 0.05) is 10.6 Å². The molecule has 0 aromatic carbocycles. The molecule has 0 atom stereocenters. The molecule has 2 aromatic rings. The number of aryl methyl sites for hydroxylation is 3. The van der Waals surface area contributed by atoms with Crippen molar-refractivity contribution < 1.29 is 9.53 Å². The highest BCUT2D eigenvalue weighted by Crippen LogP contribution is 2.27. The van der Waals surface area contributed by atoms with E-state index in [-0.39, 0.29) is 17.6 Å². The second-order valence-corrected chi connectivity index (χ2v) is 5.39. The maximum absolute atomic E-state index is 12.4. The molecule has 96 valence electrons. The Morgan fingerprint density at radius 2 is 2.00 bits per heavy atom. The Hall–Kier alpha value is -1.62. The molecule has 0 aliphatic carbocycles. The van der Waals surface area contributed by atoms with Gasteiger partial charge in [0.25, 0.3) is 0 Å². The average molecular weight is 265 g/mol. The van der Waals surface area contributed by atoms with Crippen molar-refractivity contribution in [2.45, 2.75) is 27.7 Å². The van der Waals surface area contributed by atoms with Crippen LogP contribution in [0.1, 0.15) is 33.4 Å². The summed E-state index contributed by atoms with van der Waals surface area (Å²) in [5.41, 5.74) is 1.38. The summed E-state index contributed by atoms with van der Waals surface area (Å²) in [7, 11) is 0. The molecule has 0 fully saturated rings. The number of carbonyl (C=O) groups excluding carboxylic acids is 1. The van der Waals surface area contributed by atoms with Crippen LogP contribution in [0.4, 0.5) is 0 Å². The number of esters is 1. The number of H-pyrrole nitrogens is 1. The summed E-state index contributed by atoms with van der Waals surface area (Å²) in [6.07, 6.45) is 0. The lowest BCUT2D eigenvalue weighted by atomic mass is 10.1. The molecule has 0 unspecified atom stereocenters. The molecule has 0 saturated carbocycles. The van der Waals surface area contributed by atoms with E-state index in [2.05, 4.69) is 4.98 Å². The van der Waals surface area contributed by atoms with E-state index in [0.717, 1.165) is 15.3 Å². The zero-order chi connectivity index (χ0) is 13.4. The monoisotopic (exact) mass is 265 g/mol. The minimum atomic E-state index is -0.554. The Labute approximate surface area is 109 Å². The molecule has 4 nitrogen and oxygen atoms in total. The summed E-state index contributed by atoms with van der Waals surface area (Å²) in [5.74, 6) is -0.554. The van der Waals surface area contributed by atoms with E-state index < -0.39 is 5.97 Å². The zero-order valence-corrected chi connectivity index (χ0v) is 11.7. The smallest absolute Gasteiger partial charge is 0.343 e. The predicted molar refractivity (Wildman–Crippen MR) is 72.6 cm³/mol. The molecule has 0 saturated heterocycles.